The van der Waals surface area contributed by atoms with Crippen molar-refractivity contribution < 1.29 is 0 Å². The largest absolute Gasteiger partial charge is 0.371 e. The number of hydrogen-bond donors (Lipinski definition) is 1. The monoisotopic (exact) mass is 156 g/mol. The van der Waals surface area contributed by atoms with Crippen molar-refractivity contribution in [3.05, 3.63) is 23.9 Å². The van der Waals surface area contributed by atoms with Gasteiger partial charge in [0.1, 0.15) is 6.67 Å². The van der Waals surface area contributed by atoms with Crippen LogP contribution in [0.25, 0.3) is 0 Å². The zero-order valence-electron chi connectivity index (χ0n) is 5.60. The topological polar surface area (TPSA) is 24.4 Å². The molecule has 1 aliphatic heterocycles. The molecule has 1 heterocycles. The molecule has 1 N–H and O–H groups in total. The van der Waals surface area contributed by atoms with E-state index in [1.54, 1.807) is 12.3 Å². The van der Waals surface area contributed by atoms with Gasteiger partial charge in [-0.3, -0.25) is 4.99 Å². The maximum Gasteiger partial charge on any atom is 0.107 e. The molecule has 10 heavy (non-hydrogen) atoms. The van der Waals surface area contributed by atoms with Crippen LogP contribution in [0.5, 0.6) is 0 Å². The SMILES string of the molecule is C=CCC1=NCNC=C1Cl. The summed E-state index contributed by atoms with van der Waals surface area (Å²) in [6.07, 6.45) is 4.30. The van der Waals surface area contributed by atoms with Crippen molar-refractivity contribution in [2.45, 2.75) is 6.42 Å². The summed E-state index contributed by atoms with van der Waals surface area (Å²) in [6.45, 7) is 4.23. The molecule has 0 bridgehead atoms. The van der Waals surface area contributed by atoms with Gasteiger partial charge in [-0.05, 0) is 0 Å². The third-order valence-electron chi connectivity index (χ3n) is 1.20. The molecule has 0 unspecified atom stereocenters. The Kier molecular flexibility index (Phi) is 2.51. The molecule has 0 aromatic heterocycles. The van der Waals surface area contributed by atoms with Gasteiger partial charge in [0.2, 0.25) is 0 Å². The van der Waals surface area contributed by atoms with Crippen molar-refractivity contribution in [3.8, 4) is 0 Å². The Morgan fingerprint density at radius 1 is 1.90 bits per heavy atom. The molecule has 2 nitrogen and oxygen atoms in total. The van der Waals surface area contributed by atoms with Gasteiger partial charge in [-0.25, -0.2) is 0 Å². The summed E-state index contributed by atoms with van der Waals surface area (Å²) in [5, 5.41) is 3.59. The Labute approximate surface area is 65.3 Å². The highest BCUT2D eigenvalue weighted by molar-refractivity contribution is 6.43. The van der Waals surface area contributed by atoms with Gasteiger partial charge in [-0.1, -0.05) is 17.7 Å². The fourth-order valence-electron chi connectivity index (χ4n) is 0.734. The van der Waals surface area contributed by atoms with E-state index in [9.17, 15) is 0 Å². The molecule has 0 atom stereocenters. The Balaban J connectivity index is 2.64. The van der Waals surface area contributed by atoms with E-state index in [1.807, 2.05) is 0 Å². The average molecular weight is 157 g/mol. The predicted molar refractivity (Wildman–Crippen MR) is 44.2 cm³/mol. The van der Waals surface area contributed by atoms with Crippen LogP contribution in [-0.4, -0.2) is 12.4 Å². The molecule has 54 valence electrons. The van der Waals surface area contributed by atoms with E-state index < -0.39 is 0 Å². The van der Waals surface area contributed by atoms with Crippen LogP contribution in [0.3, 0.4) is 0 Å². The van der Waals surface area contributed by atoms with E-state index in [0.717, 1.165) is 12.1 Å². The molecule has 0 radical (unpaired) electrons. The zero-order valence-corrected chi connectivity index (χ0v) is 6.36. The number of halogens is 1. The minimum atomic E-state index is 0.624. The first kappa shape index (κ1) is 7.35. The molecule has 0 saturated carbocycles. The number of allylic oxidation sites excluding steroid dienone is 2. The van der Waals surface area contributed by atoms with Gasteiger partial charge in [0, 0.05) is 12.6 Å². The normalized spacial score (nSPS) is 16.9. The molecule has 0 spiro atoms. The maximum atomic E-state index is 5.78. The van der Waals surface area contributed by atoms with Gasteiger partial charge in [-0.2, -0.15) is 0 Å². The molecular weight excluding hydrogens is 148 g/mol. The van der Waals surface area contributed by atoms with Crippen molar-refractivity contribution in [3.63, 3.8) is 0 Å². The van der Waals surface area contributed by atoms with Crippen LogP contribution >= 0.6 is 11.6 Å². The van der Waals surface area contributed by atoms with Gasteiger partial charge in [0.15, 0.2) is 0 Å². The van der Waals surface area contributed by atoms with Crippen molar-refractivity contribution >= 4 is 17.3 Å². The Morgan fingerprint density at radius 2 is 2.70 bits per heavy atom. The Bertz CT molecular complexity index is 194. The third-order valence-corrected chi connectivity index (χ3v) is 1.53. The van der Waals surface area contributed by atoms with Crippen LogP contribution in [0.4, 0.5) is 0 Å². The van der Waals surface area contributed by atoms with E-state index in [-0.39, 0.29) is 0 Å². The number of aliphatic imine (C=N–C) groups is 1. The molecule has 1 rings (SSSR count). The van der Waals surface area contributed by atoms with Gasteiger partial charge in [0.05, 0.1) is 10.7 Å². The summed E-state index contributed by atoms with van der Waals surface area (Å²) in [5.74, 6) is 0. The van der Waals surface area contributed by atoms with Gasteiger partial charge in [-0.15, -0.1) is 6.58 Å². The lowest BCUT2D eigenvalue weighted by Gasteiger charge is -2.08. The Hall–Kier alpha value is -0.760. The van der Waals surface area contributed by atoms with Crippen LogP contribution in [0.1, 0.15) is 6.42 Å². The lowest BCUT2D eigenvalue weighted by molar-refractivity contribution is 0.866. The Morgan fingerprint density at radius 3 is 3.30 bits per heavy atom. The minimum Gasteiger partial charge on any atom is -0.371 e. The van der Waals surface area contributed by atoms with E-state index in [2.05, 4.69) is 16.9 Å². The van der Waals surface area contributed by atoms with Crippen LogP contribution in [0.2, 0.25) is 0 Å². The third kappa shape index (κ3) is 1.61. The standard InChI is InChI=1S/C7H9ClN2/c1-2-3-7-6(8)4-9-5-10-7/h2,4,9H,1,3,5H2. The molecule has 0 fully saturated rings. The second kappa shape index (κ2) is 3.42. The van der Waals surface area contributed by atoms with Crippen molar-refractivity contribution in [1.82, 2.24) is 5.32 Å². The summed E-state index contributed by atoms with van der Waals surface area (Å²) < 4.78 is 0. The first-order chi connectivity index (χ1) is 4.84. The van der Waals surface area contributed by atoms with Crippen molar-refractivity contribution in [1.29, 1.82) is 0 Å². The summed E-state index contributed by atoms with van der Waals surface area (Å²) >= 11 is 5.78. The molecular formula is C7H9ClN2. The fourth-order valence-corrected chi connectivity index (χ4v) is 0.948. The van der Waals surface area contributed by atoms with Crippen LogP contribution in [-0.2, 0) is 0 Å². The fraction of sp³-hybridized carbons (Fsp3) is 0.286. The minimum absolute atomic E-state index is 0.624. The predicted octanol–water partition coefficient (Wildman–Crippen LogP) is 1.64. The first-order valence-corrected chi connectivity index (χ1v) is 3.46. The molecule has 0 aliphatic carbocycles. The van der Waals surface area contributed by atoms with E-state index in [0.29, 0.717) is 11.7 Å². The zero-order chi connectivity index (χ0) is 7.40. The van der Waals surface area contributed by atoms with Crippen molar-refractivity contribution in [2.75, 3.05) is 6.67 Å². The number of rotatable bonds is 2. The number of nitrogens with zero attached hydrogens (tertiary/aromatic N) is 1. The highest BCUT2D eigenvalue weighted by atomic mass is 35.5. The summed E-state index contributed by atoms with van der Waals surface area (Å²) in [6, 6.07) is 0. The highest BCUT2D eigenvalue weighted by Gasteiger charge is 2.04. The number of hydrogen-bond acceptors (Lipinski definition) is 2. The lowest BCUT2D eigenvalue weighted by atomic mass is 10.2. The van der Waals surface area contributed by atoms with Gasteiger partial charge < -0.3 is 5.32 Å². The van der Waals surface area contributed by atoms with E-state index in [4.69, 9.17) is 11.6 Å². The first-order valence-electron chi connectivity index (χ1n) is 3.08. The van der Waals surface area contributed by atoms with Gasteiger partial charge in [0.25, 0.3) is 0 Å². The van der Waals surface area contributed by atoms with Crippen molar-refractivity contribution in [2.24, 2.45) is 4.99 Å². The summed E-state index contributed by atoms with van der Waals surface area (Å²) in [7, 11) is 0. The highest BCUT2D eigenvalue weighted by Crippen LogP contribution is 2.09. The summed E-state index contributed by atoms with van der Waals surface area (Å²) in [4.78, 5) is 4.13. The van der Waals surface area contributed by atoms with Crippen LogP contribution in [0, 0.1) is 0 Å². The van der Waals surface area contributed by atoms with Crippen LogP contribution < -0.4 is 5.32 Å². The summed E-state index contributed by atoms with van der Waals surface area (Å²) in [5.41, 5.74) is 0.912. The second-order valence-electron chi connectivity index (χ2n) is 1.95. The molecule has 0 aromatic carbocycles. The lowest BCUT2D eigenvalue weighted by Crippen LogP contribution is -2.15. The smallest absolute Gasteiger partial charge is 0.107 e. The second-order valence-corrected chi connectivity index (χ2v) is 2.36. The van der Waals surface area contributed by atoms with Gasteiger partial charge >= 0.3 is 0 Å². The molecule has 1 aliphatic rings. The average Bonchev–Trinajstić information content (AvgIpc) is 1.94. The molecule has 3 heteroatoms. The molecule has 0 amide bonds. The quantitative estimate of drug-likeness (QED) is 0.604. The van der Waals surface area contributed by atoms with E-state index >= 15 is 0 Å². The van der Waals surface area contributed by atoms with Crippen LogP contribution in [0.15, 0.2) is 28.9 Å². The van der Waals surface area contributed by atoms with E-state index in [1.165, 1.54) is 0 Å². The maximum absolute atomic E-state index is 5.78. The molecule has 0 aromatic rings. The molecule has 0 saturated heterocycles. The number of nitrogens with one attached hydrogen (secondary N) is 1.